The number of halogens is 5. The molecule has 1 heterocycles. The lowest BCUT2D eigenvalue weighted by Crippen LogP contribution is -2.37. The molecule has 0 bridgehead atoms. The molecule has 1 unspecified atom stereocenters. The van der Waals surface area contributed by atoms with Crippen LogP contribution in [0.1, 0.15) is 28.5 Å². The van der Waals surface area contributed by atoms with Crippen LogP contribution < -0.4 is 4.90 Å². The number of carbonyl (C=O) groups excluding carboxylic acids is 1. The highest BCUT2D eigenvalue weighted by Crippen LogP contribution is 2.29. The van der Waals surface area contributed by atoms with Crippen LogP contribution in [0.3, 0.4) is 0 Å². The minimum atomic E-state index is -4.52. The first kappa shape index (κ1) is 24.6. The number of pyridine rings is 1. The van der Waals surface area contributed by atoms with Gasteiger partial charge in [0.15, 0.2) is 6.10 Å². The molecule has 0 aliphatic rings. The Morgan fingerprint density at radius 1 is 1.09 bits per heavy atom. The zero-order valence-electron chi connectivity index (χ0n) is 17.1. The van der Waals surface area contributed by atoms with Crippen molar-refractivity contribution >= 4 is 23.2 Å². The van der Waals surface area contributed by atoms with E-state index >= 15 is 0 Å². The number of amides is 1. The Hall–Kier alpha value is -3.01. The molecule has 3 rings (SSSR count). The van der Waals surface area contributed by atoms with E-state index in [4.69, 9.17) is 11.6 Å². The van der Waals surface area contributed by atoms with Gasteiger partial charge in [0.1, 0.15) is 5.82 Å². The standard InChI is InChI=1S/C23H19ClF4N2O3/c24-20-8-7-19(11-15(20)13-31)30(22(33)21(32)14-1-4-17(25)5-2-14)10-9-18-6-3-16(12-29-18)23(26,27)28/h1-8,11-12,21,31-32H,9-10,13H2. The molecule has 10 heteroatoms. The van der Waals surface area contributed by atoms with Crippen LogP contribution in [0.15, 0.2) is 60.8 Å². The summed E-state index contributed by atoms with van der Waals surface area (Å²) in [6.45, 7) is -0.433. The highest BCUT2D eigenvalue weighted by molar-refractivity contribution is 6.31. The second-order valence-corrected chi connectivity index (χ2v) is 7.57. The van der Waals surface area contributed by atoms with Crippen molar-refractivity contribution in [2.24, 2.45) is 0 Å². The first-order chi connectivity index (χ1) is 15.6. The normalized spacial score (nSPS) is 12.5. The lowest BCUT2D eigenvalue weighted by molar-refractivity contribution is -0.137. The monoisotopic (exact) mass is 482 g/mol. The van der Waals surface area contributed by atoms with Crippen molar-refractivity contribution in [2.75, 3.05) is 11.4 Å². The molecular weight excluding hydrogens is 464 g/mol. The molecule has 0 spiro atoms. The number of hydrogen-bond acceptors (Lipinski definition) is 4. The molecule has 174 valence electrons. The van der Waals surface area contributed by atoms with E-state index in [1.807, 2.05) is 0 Å². The van der Waals surface area contributed by atoms with E-state index in [0.29, 0.717) is 23.1 Å². The van der Waals surface area contributed by atoms with Gasteiger partial charge in [0.2, 0.25) is 0 Å². The number of rotatable bonds is 7. The summed E-state index contributed by atoms with van der Waals surface area (Å²) in [5.41, 5.74) is 0.220. The highest BCUT2D eigenvalue weighted by Gasteiger charge is 2.31. The van der Waals surface area contributed by atoms with Gasteiger partial charge in [0.05, 0.1) is 12.2 Å². The van der Waals surface area contributed by atoms with E-state index < -0.39 is 36.2 Å². The summed E-state index contributed by atoms with van der Waals surface area (Å²) in [5.74, 6) is -1.28. The van der Waals surface area contributed by atoms with Crippen molar-refractivity contribution in [3.05, 3.63) is 94.0 Å². The third-order valence-corrected chi connectivity index (χ3v) is 5.31. The Balaban J connectivity index is 1.88. The molecule has 33 heavy (non-hydrogen) atoms. The fourth-order valence-electron chi connectivity index (χ4n) is 3.12. The fourth-order valence-corrected chi connectivity index (χ4v) is 3.30. The number of nitrogens with zero attached hydrogens (tertiary/aromatic N) is 2. The molecule has 2 aromatic carbocycles. The molecular formula is C23H19ClF4N2O3. The predicted octanol–water partition coefficient (Wildman–Crippen LogP) is 4.69. The van der Waals surface area contributed by atoms with Crippen molar-refractivity contribution in [3.63, 3.8) is 0 Å². The molecule has 0 radical (unpaired) electrons. The number of aliphatic hydroxyl groups excluding tert-OH is 2. The SMILES string of the molecule is O=C(C(O)c1ccc(F)cc1)N(CCc1ccc(C(F)(F)F)cn1)c1ccc(Cl)c(CO)c1. The summed E-state index contributed by atoms with van der Waals surface area (Å²) >= 11 is 6.03. The van der Waals surface area contributed by atoms with E-state index in [0.717, 1.165) is 18.2 Å². The van der Waals surface area contributed by atoms with Crippen molar-refractivity contribution in [1.29, 1.82) is 0 Å². The van der Waals surface area contributed by atoms with Gasteiger partial charge in [-0.3, -0.25) is 9.78 Å². The zero-order valence-corrected chi connectivity index (χ0v) is 17.8. The lowest BCUT2D eigenvalue weighted by Gasteiger charge is -2.26. The first-order valence-electron chi connectivity index (χ1n) is 9.76. The Morgan fingerprint density at radius 3 is 2.36 bits per heavy atom. The molecule has 0 saturated carbocycles. The fraction of sp³-hybridized carbons (Fsp3) is 0.217. The average molecular weight is 483 g/mol. The molecule has 1 atom stereocenters. The van der Waals surface area contributed by atoms with Crippen LogP contribution in [-0.2, 0) is 24.0 Å². The van der Waals surface area contributed by atoms with Crippen LogP contribution >= 0.6 is 11.6 Å². The van der Waals surface area contributed by atoms with Crippen LogP contribution in [0, 0.1) is 5.82 Å². The van der Waals surface area contributed by atoms with E-state index in [1.54, 1.807) is 0 Å². The van der Waals surface area contributed by atoms with E-state index in [2.05, 4.69) is 4.98 Å². The number of aromatic nitrogens is 1. The topological polar surface area (TPSA) is 73.7 Å². The quantitative estimate of drug-likeness (QED) is 0.479. The number of aliphatic hydroxyl groups is 2. The molecule has 0 aliphatic carbocycles. The molecule has 0 saturated heterocycles. The average Bonchev–Trinajstić information content (AvgIpc) is 2.79. The Labute approximate surface area is 191 Å². The smallest absolute Gasteiger partial charge is 0.392 e. The lowest BCUT2D eigenvalue weighted by atomic mass is 10.1. The maximum absolute atomic E-state index is 13.2. The molecule has 1 amide bonds. The third kappa shape index (κ3) is 6.07. The van der Waals surface area contributed by atoms with Gasteiger partial charge < -0.3 is 15.1 Å². The van der Waals surface area contributed by atoms with E-state index in [9.17, 15) is 32.6 Å². The number of alkyl halides is 3. The van der Waals surface area contributed by atoms with Crippen LogP contribution in [0.25, 0.3) is 0 Å². The molecule has 3 aromatic rings. The molecule has 1 aromatic heterocycles. The molecule has 0 aliphatic heterocycles. The van der Waals surface area contributed by atoms with Crippen LogP contribution in [0.4, 0.5) is 23.2 Å². The first-order valence-corrected chi connectivity index (χ1v) is 10.1. The molecule has 2 N–H and O–H groups in total. The highest BCUT2D eigenvalue weighted by atomic mass is 35.5. The summed E-state index contributed by atoms with van der Waals surface area (Å²) < 4.78 is 51.5. The van der Waals surface area contributed by atoms with Crippen molar-refractivity contribution in [3.8, 4) is 0 Å². The largest absolute Gasteiger partial charge is 0.417 e. The van der Waals surface area contributed by atoms with Gasteiger partial charge in [-0.15, -0.1) is 0 Å². The van der Waals surface area contributed by atoms with Crippen molar-refractivity contribution in [1.82, 2.24) is 4.98 Å². The van der Waals surface area contributed by atoms with E-state index in [1.165, 1.54) is 41.3 Å². The van der Waals surface area contributed by atoms with E-state index in [-0.39, 0.29) is 23.6 Å². The third-order valence-electron chi connectivity index (χ3n) is 4.94. The molecule has 0 fully saturated rings. The second-order valence-electron chi connectivity index (χ2n) is 7.16. The second kappa shape index (κ2) is 10.3. The van der Waals surface area contributed by atoms with Crippen molar-refractivity contribution in [2.45, 2.75) is 25.3 Å². The van der Waals surface area contributed by atoms with Gasteiger partial charge in [-0.1, -0.05) is 23.7 Å². The van der Waals surface area contributed by atoms with Gasteiger partial charge in [-0.2, -0.15) is 13.2 Å². The predicted molar refractivity (Wildman–Crippen MR) is 114 cm³/mol. The van der Waals surface area contributed by atoms with Crippen molar-refractivity contribution < 1.29 is 32.6 Å². The number of anilines is 1. The number of hydrogen-bond donors (Lipinski definition) is 2. The van der Waals surface area contributed by atoms with Gasteiger partial charge in [0.25, 0.3) is 5.91 Å². The summed E-state index contributed by atoms with van der Waals surface area (Å²) in [4.78, 5) is 18.2. The number of benzene rings is 2. The molecule has 5 nitrogen and oxygen atoms in total. The Bertz CT molecular complexity index is 1110. The summed E-state index contributed by atoms with van der Waals surface area (Å²) in [6.07, 6.45) is -5.35. The minimum absolute atomic E-state index is 0.0397. The summed E-state index contributed by atoms with van der Waals surface area (Å²) in [6, 6.07) is 11.3. The summed E-state index contributed by atoms with van der Waals surface area (Å²) in [5, 5.41) is 20.4. The van der Waals surface area contributed by atoms with Gasteiger partial charge in [0, 0.05) is 35.6 Å². The van der Waals surface area contributed by atoms with Crippen LogP contribution in [0.2, 0.25) is 5.02 Å². The number of carbonyl (C=O) groups is 1. The van der Waals surface area contributed by atoms with Crippen LogP contribution in [-0.4, -0.2) is 27.6 Å². The Kier molecular flexibility index (Phi) is 7.68. The van der Waals surface area contributed by atoms with Gasteiger partial charge in [-0.25, -0.2) is 4.39 Å². The maximum Gasteiger partial charge on any atom is 0.417 e. The Morgan fingerprint density at radius 2 is 1.79 bits per heavy atom. The van der Waals surface area contributed by atoms with Gasteiger partial charge in [-0.05, 0) is 53.6 Å². The van der Waals surface area contributed by atoms with Gasteiger partial charge >= 0.3 is 6.18 Å². The maximum atomic E-state index is 13.2. The summed E-state index contributed by atoms with van der Waals surface area (Å²) in [7, 11) is 0. The minimum Gasteiger partial charge on any atom is -0.392 e. The zero-order chi connectivity index (χ0) is 24.2. The van der Waals surface area contributed by atoms with Crippen LogP contribution in [0.5, 0.6) is 0 Å².